The summed E-state index contributed by atoms with van der Waals surface area (Å²) in [6.07, 6.45) is 1.19. The largest absolute Gasteiger partial charge is 2.00 e. The Morgan fingerprint density at radius 3 is 1.20 bits per heavy atom. The fourth-order valence-electron chi connectivity index (χ4n) is 0.493. The Kier molecular flexibility index (Phi) is 21.0. The van der Waals surface area contributed by atoms with Crippen LogP contribution in [0, 0.1) is 0 Å². The molecule has 0 spiro atoms. The molecule has 93 valence electrons. The van der Waals surface area contributed by atoms with Crippen LogP contribution in [0.5, 0.6) is 0 Å². The van der Waals surface area contributed by atoms with Crippen LogP contribution in [0.1, 0.15) is 25.7 Å². The van der Waals surface area contributed by atoms with Gasteiger partial charge in [0, 0.05) is 11.9 Å². The van der Waals surface area contributed by atoms with Crippen LogP contribution >= 0.6 is 0 Å². The summed E-state index contributed by atoms with van der Waals surface area (Å²) >= 11 is 0. The maximum Gasteiger partial charge on any atom is 2.00 e. The SMILES string of the molecule is NCCCC(=O)[O-].NCCCC(=O)[O-].[Cu+2]. The van der Waals surface area contributed by atoms with Gasteiger partial charge in [0.1, 0.15) is 0 Å². The molecule has 0 aromatic heterocycles. The van der Waals surface area contributed by atoms with Gasteiger partial charge in [-0.2, -0.15) is 0 Å². The van der Waals surface area contributed by atoms with Crippen molar-refractivity contribution < 1.29 is 36.9 Å². The average molecular weight is 268 g/mol. The molecule has 6 nitrogen and oxygen atoms in total. The fraction of sp³-hybridized carbons (Fsp3) is 0.750. The van der Waals surface area contributed by atoms with Crippen LogP contribution in [-0.4, -0.2) is 25.0 Å². The van der Waals surface area contributed by atoms with E-state index in [4.69, 9.17) is 11.5 Å². The van der Waals surface area contributed by atoms with Crippen LogP contribution in [0.4, 0.5) is 0 Å². The van der Waals surface area contributed by atoms with Crippen LogP contribution in [0.3, 0.4) is 0 Å². The maximum absolute atomic E-state index is 9.59. The third kappa shape index (κ3) is 31.8. The molecule has 0 fully saturated rings. The van der Waals surface area contributed by atoms with Crippen molar-refractivity contribution in [2.75, 3.05) is 13.1 Å². The van der Waals surface area contributed by atoms with Crippen molar-refractivity contribution in [1.29, 1.82) is 0 Å². The summed E-state index contributed by atoms with van der Waals surface area (Å²) < 4.78 is 0. The number of hydrogen-bond donors (Lipinski definition) is 2. The van der Waals surface area contributed by atoms with E-state index in [9.17, 15) is 19.8 Å². The van der Waals surface area contributed by atoms with Gasteiger partial charge in [-0.3, -0.25) is 0 Å². The second-order valence-electron chi connectivity index (χ2n) is 2.53. The van der Waals surface area contributed by atoms with Crippen molar-refractivity contribution in [3.8, 4) is 0 Å². The first-order chi connectivity index (χ1) is 6.54. The van der Waals surface area contributed by atoms with Gasteiger partial charge in [0.15, 0.2) is 0 Å². The zero-order valence-corrected chi connectivity index (χ0v) is 9.27. The normalized spacial score (nSPS) is 8.13. The van der Waals surface area contributed by atoms with Gasteiger partial charge < -0.3 is 31.3 Å². The number of hydrogen-bond acceptors (Lipinski definition) is 6. The second-order valence-corrected chi connectivity index (χ2v) is 2.53. The van der Waals surface area contributed by atoms with Crippen molar-refractivity contribution in [3.63, 3.8) is 0 Å². The Morgan fingerprint density at radius 2 is 1.13 bits per heavy atom. The maximum atomic E-state index is 9.59. The minimum Gasteiger partial charge on any atom is -0.550 e. The molecule has 0 saturated carbocycles. The molecule has 15 heavy (non-hydrogen) atoms. The zero-order chi connectivity index (χ0) is 11.4. The predicted octanol–water partition coefficient (Wildman–Crippen LogP) is -3.05. The molecular weight excluding hydrogens is 252 g/mol. The quantitative estimate of drug-likeness (QED) is 0.491. The minimum absolute atomic E-state index is 0. The Hall–Kier alpha value is -0.621. The number of carbonyl (C=O) groups is 2. The number of carboxylic acid groups (broad SMARTS) is 2. The van der Waals surface area contributed by atoms with Gasteiger partial charge in [-0.05, 0) is 38.8 Å². The molecule has 0 heterocycles. The molecule has 0 aromatic rings. The van der Waals surface area contributed by atoms with Crippen molar-refractivity contribution in [1.82, 2.24) is 0 Å². The molecule has 0 bridgehead atoms. The Morgan fingerprint density at radius 1 is 0.867 bits per heavy atom. The Bertz CT molecular complexity index is 149. The summed E-state index contributed by atoms with van der Waals surface area (Å²) in [6, 6.07) is 0. The van der Waals surface area contributed by atoms with Crippen LogP contribution in [0.25, 0.3) is 0 Å². The smallest absolute Gasteiger partial charge is 0.550 e. The van der Waals surface area contributed by atoms with E-state index in [1.165, 1.54) is 0 Å². The summed E-state index contributed by atoms with van der Waals surface area (Å²) in [5.41, 5.74) is 9.97. The fourth-order valence-corrected chi connectivity index (χ4v) is 0.493. The van der Waals surface area contributed by atoms with Crippen LogP contribution in [0.15, 0.2) is 0 Å². The topological polar surface area (TPSA) is 132 Å². The van der Waals surface area contributed by atoms with Gasteiger partial charge >= 0.3 is 17.1 Å². The van der Waals surface area contributed by atoms with Crippen molar-refractivity contribution in [2.24, 2.45) is 11.5 Å². The Balaban J connectivity index is -0.000000180. The minimum atomic E-state index is -1.02. The Labute approximate surface area is 99.5 Å². The number of carbonyl (C=O) groups excluding carboxylic acids is 2. The average Bonchev–Trinajstić information content (AvgIpc) is 2.12. The zero-order valence-electron chi connectivity index (χ0n) is 8.33. The van der Waals surface area contributed by atoms with E-state index >= 15 is 0 Å². The molecular formula is C8H16CuN2O4. The molecule has 0 amide bonds. The summed E-state index contributed by atoms with van der Waals surface area (Å²) in [4.78, 5) is 19.2. The van der Waals surface area contributed by atoms with E-state index in [1.54, 1.807) is 0 Å². The molecule has 4 N–H and O–H groups in total. The molecule has 0 aliphatic carbocycles. The van der Waals surface area contributed by atoms with Gasteiger partial charge in [-0.25, -0.2) is 0 Å². The third-order valence-electron chi connectivity index (χ3n) is 1.17. The molecule has 0 rings (SSSR count). The van der Waals surface area contributed by atoms with Gasteiger partial charge in [-0.15, -0.1) is 0 Å². The van der Waals surface area contributed by atoms with Crippen LogP contribution in [-0.2, 0) is 26.7 Å². The van der Waals surface area contributed by atoms with Gasteiger partial charge in [0.05, 0.1) is 0 Å². The van der Waals surface area contributed by atoms with Crippen molar-refractivity contribution in [2.45, 2.75) is 25.7 Å². The third-order valence-corrected chi connectivity index (χ3v) is 1.17. The second kappa shape index (κ2) is 15.8. The monoisotopic (exact) mass is 267 g/mol. The van der Waals surface area contributed by atoms with E-state index in [-0.39, 0.29) is 29.9 Å². The first kappa shape index (κ1) is 19.9. The van der Waals surface area contributed by atoms with E-state index < -0.39 is 11.9 Å². The van der Waals surface area contributed by atoms with Gasteiger partial charge in [0.25, 0.3) is 0 Å². The van der Waals surface area contributed by atoms with Crippen molar-refractivity contribution >= 4 is 11.9 Å². The van der Waals surface area contributed by atoms with E-state index in [2.05, 4.69) is 0 Å². The standard InChI is InChI=1S/2C4H9NO2.Cu/c2*5-3-1-2-4(6)7;/h2*1-3,5H2,(H,6,7);/q;;+2/p-2. The van der Waals surface area contributed by atoms with E-state index in [0.717, 1.165) is 0 Å². The van der Waals surface area contributed by atoms with E-state index in [1.807, 2.05) is 0 Å². The van der Waals surface area contributed by atoms with E-state index in [0.29, 0.717) is 25.9 Å². The van der Waals surface area contributed by atoms with Crippen LogP contribution in [0.2, 0.25) is 0 Å². The summed E-state index contributed by atoms with van der Waals surface area (Å²) in [5.74, 6) is -2.05. The molecule has 0 aliphatic rings. The van der Waals surface area contributed by atoms with Gasteiger partial charge in [-0.1, -0.05) is 0 Å². The number of nitrogens with two attached hydrogens (primary N) is 2. The first-order valence-electron chi connectivity index (χ1n) is 4.34. The number of aliphatic carboxylic acids is 2. The number of rotatable bonds is 6. The molecule has 0 aliphatic heterocycles. The molecule has 0 saturated heterocycles. The predicted molar refractivity (Wildman–Crippen MR) is 46.6 cm³/mol. The number of carboxylic acids is 2. The molecule has 0 unspecified atom stereocenters. The van der Waals surface area contributed by atoms with Gasteiger partial charge in [0.2, 0.25) is 0 Å². The summed E-state index contributed by atoms with van der Waals surface area (Å²) in [7, 11) is 0. The summed E-state index contributed by atoms with van der Waals surface area (Å²) in [5, 5.41) is 19.2. The van der Waals surface area contributed by atoms with Crippen LogP contribution < -0.4 is 21.7 Å². The van der Waals surface area contributed by atoms with Crippen molar-refractivity contribution in [3.05, 3.63) is 0 Å². The molecule has 7 heteroatoms. The summed E-state index contributed by atoms with van der Waals surface area (Å²) in [6.45, 7) is 0.849. The molecule has 1 radical (unpaired) electrons. The molecule has 0 atom stereocenters. The molecule has 0 aromatic carbocycles. The first-order valence-corrected chi connectivity index (χ1v) is 4.34.